The van der Waals surface area contributed by atoms with Gasteiger partial charge in [-0.25, -0.2) is 0 Å². The molecule has 1 N–H and O–H groups in total. The molecule has 0 aromatic heterocycles. The fourth-order valence-electron chi connectivity index (χ4n) is 2.33. The lowest BCUT2D eigenvalue weighted by Gasteiger charge is -2.27. The van der Waals surface area contributed by atoms with Crippen LogP contribution in [-0.4, -0.2) is 31.5 Å². The van der Waals surface area contributed by atoms with Crippen molar-refractivity contribution in [3.05, 3.63) is 28.2 Å². The summed E-state index contributed by atoms with van der Waals surface area (Å²) in [6, 6.07) is 5.85. The van der Waals surface area contributed by atoms with E-state index in [1.807, 2.05) is 18.2 Å². The van der Waals surface area contributed by atoms with Crippen LogP contribution in [0.2, 0.25) is 0 Å². The number of aliphatic hydroxyl groups excluding tert-OH is 1. The number of hydrogen-bond acceptors (Lipinski definition) is 3. The second-order valence-electron chi connectivity index (χ2n) is 4.68. The lowest BCUT2D eigenvalue weighted by molar-refractivity contribution is 0.00833. The summed E-state index contributed by atoms with van der Waals surface area (Å²) in [4.78, 5) is 0. The van der Waals surface area contributed by atoms with Gasteiger partial charge in [-0.1, -0.05) is 15.9 Å². The molecule has 1 aliphatic rings. The van der Waals surface area contributed by atoms with E-state index in [1.54, 1.807) is 7.11 Å². The molecule has 0 amide bonds. The van der Waals surface area contributed by atoms with Gasteiger partial charge in [0.05, 0.1) is 13.2 Å². The lowest BCUT2D eigenvalue weighted by Crippen LogP contribution is -2.29. The van der Waals surface area contributed by atoms with Gasteiger partial charge in [0, 0.05) is 17.7 Å². The maximum absolute atomic E-state index is 10.3. The topological polar surface area (TPSA) is 38.7 Å². The molecule has 1 aromatic rings. The fourth-order valence-corrected chi connectivity index (χ4v) is 2.74. The van der Waals surface area contributed by atoms with Crippen molar-refractivity contribution in [3.8, 4) is 5.75 Å². The van der Waals surface area contributed by atoms with E-state index < -0.39 is 0 Å². The van der Waals surface area contributed by atoms with E-state index >= 15 is 0 Å². The molecule has 2 rings (SSSR count). The second-order valence-corrected chi connectivity index (χ2v) is 5.53. The van der Waals surface area contributed by atoms with Gasteiger partial charge in [-0.2, -0.15) is 0 Å². The number of methoxy groups -OCH3 is 1. The van der Waals surface area contributed by atoms with E-state index in [4.69, 9.17) is 9.47 Å². The highest BCUT2D eigenvalue weighted by Crippen LogP contribution is 2.27. The number of halogens is 1. The predicted octanol–water partition coefficient (Wildman–Crippen LogP) is 2.79. The molecule has 0 aliphatic carbocycles. The molecule has 1 saturated heterocycles. The van der Waals surface area contributed by atoms with Crippen LogP contribution < -0.4 is 4.74 Å². The summed E-state index contributed by atoms with van der Waals surface area (Å²) in [7, 11) is 1.65. The first-order valence-electron chi connectivity index (χ1n) is 6.29. The molecule has 1 unspecified atom stereocenters. The lowest BCUT2D eigenvalue weighted by atomic mass is 9.90. The van der Waals surface area contributed by atoms with Crippen LogP contribution in [0, 0.1) is 5.92 Å². The van der Waals surface area contributed by atoms with Gasteiger partial charge in [-0.3, -0.25) is 0 Å². The molecule has 1 aromatic carbocycles. The van der Waals surface area contributed by atoms with Gasteiger partial charge in [-0.15, -0.1) is 0 Å². The summed E-state index contributed by atoms with van der Waals surface area (Å²) in [5.74, 6) is 1.17. The van der Waals surface area contributed by atoms with Crippen LogP contribution in [0.4, 0.5) is 0 Å². The Balaban J connectivity index is 2.03. The molecule has 1 fully saturated rings. The molecule has 3 nitrogen and oxygen atoms in total. The minimum Gasteiger partial charge on any atom is -0.497 e. The smallest absolute Gasteiger partial charge is 0.119 e. The van der Waals surface area contributed by atoms with Crippen LogP contribution in [0.3, 0.4) is 0 Å². The van der Waals surface area contributed by atoms with Gasteiger partial charge >= 0.3 is 0 Å². The average molecular weight is 315 g/mol. The summed E-state index contributed by atoms with van der Waals surface area (Å²) >= 11 is 3.52. The van der Waals surface area contributed by atoms with E-state index in [9.17, 15) is 5.11 Å². The maximum Gasteiger partial charge on any atom is 0.119 e. The summed E-state index contributed by atoms with van der Waals surface area (Å²) < 4.78 is 11.6. The Morgan fingerprint density at radius 2 is 2.17 bits per heavy atom. The van der Waals surface area contributed by atoms with Crippen molar-refractivity contribution in [1.82, 2.24) is 0 Å². The quantitative estimate of drug-likeness (QED) is 0.928. The van der Waals surface area contributed by atoms with E-state index in [0.717, 1.165) is 41.8 Å². The minimum absolute atomic E-state index is 0.308. The largest absolute Gasteiger partial charge is 0.497 e. The van der Waals surface area contributed by atoms with Crippen LogP contribution in [-0.2, 0) is 11.2 Å². The number of rotatable bonds is 4. The predicted molar refractivity (Wildman–Crippen MR) is 73.9 cm³/mol. The zero-order valence-electron chi connectivity index (χ0n) is 10.6. The van der Waals surface area contributed by atoms with Gasteiger partial charge < -0.3 is 14.6 Å². The highest BCUT2D eigenvalue weighted by Gasteiger charge is 2.23. The number of benzene rings is 1. The number of hydrogen-bond donors (Lipinski definition) is 1. The Kier molecular flexibility index (Phi) is 5.03. The molecule has 18 heavy (non-hydrogen) atoms. The molecule has 1 aliphatic heterocycles. The fraction of sp³-hybridized carbons (Fsp3) is 0.571. The third-order valence-corrected chi connectivity index (χ3v) is 4.27. The molecule has 1 heterocycles. The Morgan fingerprint density at radius 1 is 1.44 bits per heavy atom. The van der Waals surface area contributed by atoms with Gasteiger partial charge in [0.15, 0.2) is 0 Å². The third-order valence-electron chi connectivity index (χ3n) is 3.49. The Labute approximate surface area is 116 Å². The highest BCUT2D eigenvalue weighted by molar-refractivity contribution is 9.10. The van der Waals surface area contributed by atoms with Crippen LogP contribution in [0.15, 0.2) is 22.7 Å². The average Bonchev–Trinajstić information content (AvgIpc) is 2.42. The van der Waals surface area contributed by atoms with E-state index in [0.29, 0.717) is 12.3 Å². The second kappa shape index (κ2) is 6.55. The first-order chi connectivity index (χ1) is 8.70. The Morgan fingerprint density at radius 3 is 2.83 bits per heavy atom. The Bertz CT molecular complexity index is 389. The van der Waals surface area contributed by atoms with E-state index in [2.05, 4.69) is 15.9 Å². The SMILES string of the molecule is COc1ccc(Br)c(CC(O)C2CCOCC2)c1. The normalized spacial score (nSPS) is 18.6. The van der Waals surface area contributed by atoms with Crippen molar-refractivity contribution in [2.75, 3.05) is 20.3 Å². The summed E-state index contributed by atoms with van der Waals surface area (Å²) in [5, 5.41) is 10.3. The molecular weight excluding hydrogens is 296 g/mol. The van der Waals surface area contributed by atoms with E-state index in [1.165, 1.54) is 0 Å². The molecule has 4 heteroatoms. The first-order valence-corrected chi connectivity index (χ1v) is 7.08. The van der Waals surface area contributed by atoms with Crippen LogP contribution in [0.25, 0.3) is 0 Å². The first kappa shape index (κ1) is 13.8. The monoisotopic (exact) mass is 314 g/mol. The van der Waals surface area contributed by atoms with Gasteiger partial charge in [0.25, 0.3) is 0 Å². The number of ether oxygens (including phenoxy) is 2. The summed E-state index contributed by atoms with van der Waals surface area (Å²) in [5.41, 5.74) is 1.09. The van der Waals surface area contributed by atoms with Crippen molar-refractivity contribution >= 4 is 15.9 Å². The van der Waals surface area contributed by atoms with Gasteiger partial charge in [-0.05, 0) is 48.9 Å². The minimum atomic E-state index is -0.308. The third kappa shape index (κ3) is 3.46. The van der Waals surface area contributed by atoms with E-state index in [-0.39, 0.29) is 6.10 Å². The number of aliphatic hydroxyl groups is 1. The van der Waals surface area contributed by atoms with Crippen molar-refractivity contribution in [1.29, 1.82) is 0 Å². The summed E-state index contributed by atoms with van der Waals surface area (Å²) in [6.07, 6.45) is 2.24. The Hall–Kier alpha value is -0.580. The van der Waals surface area contributed by atoms with Gasteiger partial charge in [0.2, 0.25) is 0 Å². The molecule has 0 bridgehead atoms. The molecule has 0 saturated carbocycles. The summed E-state index contributed by atoms with van der Waals surface area (Å²) in [6.45, 7) is 1.53. The maximum atomic E-state index is 10.3. The van der Waals surface area contributed by atoms with Crippen molar-refractivity contribution in [3.63, 3.8) is 0 Å². The standard InChI is InChI=1S/C14H19BrO3/c1-17-12-2-3-13(15)11(8-12)9-14(16)10-4-6-18-7-5-10/h2-3,8,10,14,16H,4-7,9H2,1H3. The molecule has 100 valence electrons. The molecule has 0 radical (unpaired) electrons. The zero-order chi connectivity index (χ0) is 13.0. The zero-order valence-corrected chi connectivity index (χ0v) is 12.1. The van der Waals surface area contributed by atoms with Crippen LogP contribution in [0.5, 0.6) is 5.75 Å². The van der Waals surface area contributed by atoms with Crippen molar-refractivity contribution in [2.24, 2.45) is 5.92 Å². The van der Waals surface area contributed by atoms with Crippen molar-refractivity contribution < 1.29 is 14.6 Å². The molecular formula is C14H19BrO3. The molecule has 1 atom stereocenters. The van der Waals surface area contributed by atoms with Crippen LogP contribution >= 0.6 is 15.9 Å². The molecule has 0 spiro atoms. The van der Waals surface area contributed by atoms with Crippen LogP contribution in [0.1, 0.15) is 18.4 Å². The van der Waals surface area contributed by atoms with Gasteiger partial charge in [0.1, 0.15) is 5.75 Å². The van der Waals surface area contributed by atoms with Crippen molar-refractivity contribution in [2.45, 2.75) is 25.4 Å². The highest BCUT2D eigenvalue weighted by atomic mass is 79.9.